The van der Waals surface area contributed by atoms with Crippen molar-refractivity contribution in [2.24, 2.45) is 0 Å². The minimum atomic E-state index is -0.235. The molecule has 4 heteroatoms. The Morgan fingerprint density at radius 1 is 1.39 bits per heavy atom. The van der Waals surface area contributed by atoms with Crippen LogP contribution in [0.25, 0.3) is 0 Å². The van der Waals surface area contributed by atoms with Crippen LogP contribution in [-0.2, 0) is 29.2 Å². The van der Waals surface area contributed by atoms with E-state index in [9.17, 15) is 4.79 Å². The fourth-order valence-electron chi connectivity index (χ4n) is 2.55. The first-order valence-corrected chi connectivity index (χ1v) is 6.53. The maximum absolute atomic E-state index is 11.8. The normalized spacial score (nSPS) is 21.9. The summed E-state index contributed by atoms with van der Waals surface area (Å²) in [6, 6.07) is 6.40. The fourth-order valence-corrected chi connectivity index (χ4v) is 2.55. The first-order valence-electron chi connectivity index (χ1n) is 6.53. The summed E-state index contributed by atoms with van der Waals surface area (Å²) in [7, 11) is 0. The molecule has 2 aliphatic heterocycles. The van der Waals surface area contributed by atoms with Crippen molar-refractivity contribution in [3.05, 3.63) is 34.9 Å². The highest BCUT2D eigenvalue weighted by Crippen LogP contribution is 2.17. The second kappa shape index (κ2) is 5.08. The number of ether oxygens (including phenoxy) is 1. The maximum Gasteiger partial charge on any atom is 0.249 e. The van der Waals surface area contributed by atoms with Crippen LogP contribution in [0.4, 0.5) is 0 Å². The van der Waals surface area contributed by atoms with Crippen molar-refractivity contribution in [3.63, 3.8) is 0 Å². The molecular weight excluding hydrogens is 228 g/mol. The largest absolute Gasteiger partial charge is 0.368 e. The van der Waals surface area contributed by atoms with Gasteiger partial charge in [0.25, 0.3) is 0 Å². The van der Waals surface area contributed by atoms with Crippen LogP contribution in [0.1, 0.15) is 29.5 Å². The molecule has 0 unspecified atom stereocenters. The lowest BCUT2D eigenvalue weighted by Crippen LogP contribution is -2.33. The van der Waals surface area contributed by atoms with Crippen molar-refractivity contribution in [3.8, 4) is 0 Å². The van der Waals surface area contributed by atoms with Gasteiger partial charge in [-0.15, -0.1) is 0 Å². The third kappa shape index (κ3) is 2.40. The summed E-state index contributed by atoms with van der Waals surface area (Å²) in [5.74, 6) is 0.0196. The van der Waals surface area contributed by atoms with Gasteiger partial charge in [0.2, 0.25) is 5.91 Å². The summed E-state index contributed by atoms with van der Waals surface area (Å²) in [5, 5.41) is 6.26. The second-order valence-corrected chi connectivity index (χ2v) is 4.93. The smallest absolute Gasteiger partial charge is 0.249 e. The third-order valence-electron chi connectivity index (χ3n) is 3.59. The van der Waals surface area contributed by atoms with E-state index in [-0.39, 0.29) is 12.0 Å². The van der Waals surface area contributed by atoms with Crippen LogP contribution in [0.3, 0.4) is 0 Å². The molecule has 2 heterocycles. The zero-order valence-corrected chi connectivity index (χ0v) is 10.4. The third-order valence-corrected chi connectivity index (χ3v) is 3.59. The number of carbonyl (C=O) groups is 1. The van der Waals surface area contributed by atoms with E-state index in [0.717, 1.165) is 31.5 Å². The SMILES string of the molecule is O=C(NCc1ccc2c(c1)CNC2)[C@@H]1CCCO1. The van der Waals surface area contributed by atoms with E-state index < -0.39 is 0 Å². The van der Waals surface area contributed by atoms with Gasteiger partial charge in [0.05, 0.1) is 0 Å². The van der Waals surface area contributed by atoms with Crippen LogP contribution in [0.2, 0.25) is 0 Å². The minimum absolute atomic E-state index is 0.0196. The Kier molecular flexibility index (Phi) is 3.30. The maximum atomic E-state index is 11.8. The molecule has 0 spiro atoms. The lowest BCUT2D eigenvalue weighted by atomic mass is 10.1. The minimum Gasteiger partial charge on any atom is -0.368 e. The Morgan fingerprint density at radius 2 is 2.28 bits per heavy atom. The summed E-state index contributed by atoms with van der Waals surface area (Å²) in [4.78, 5) is 11.8. The Bertz CT molecular complexity index is 453. The van der Waals surface area contributed by atoms with E-state index in [2.05, 4.69) is 28.8 Å². The number of hydrogen-bond acceptors (Lipinski definition) is 3. The number of hydrogen-bond donors (Lipinski definition) is 2. The van der Waals surface area contributed by atoms with Crippen molar-refractivity contribution in [1.82, 2.24) is 10.6 Å². The number of amides is 1. The van der Waals surface area contributed by atoms with E-state index in [4.69, 9.17) is 4.74 Å². The van der Waals surface area contributed by atoms with Crippen molar-refractivity contribution in [2.75, 3.05) is 6.61 Å². The Hall–Kier alpha value is -1.39. The van der Waals surface area contributed by atoms with Crippen molar-refractivity contribution in [1.29, 1.82) is 0 Å². The summed E-state index contributed by atoms with van der Waals surface area (Å²) >= 11 is 0. The second-order valence-electron chi connectivity index (χ2n) is 4.93. The molecular formula is C14H18N2O2. The van der Waals surface area contributed by atoms with E-state index >= 15 is 0 Å². The topological polar surface area (TPSA) is 50.4 Å². The number of nitrogens with one attached hydrogen (secondary N) is 2. The predicted molar refractivity (Wildman–Crippen MR) is 67.8 cm³/mol. The average molecular weight is 246 g/mol. The van der Waals surface area contributed by atoms with Gasteiger partial charge in [0, 0.05) is 26.2 Å². The van der Waals surface area contributed by atoms with E-state index in [1.165, 1.54) is 11.1 Å². The summed E-state index contributed by atoms with van der Waals surface area (Å²) in [5.41, 5.74) is 3.87. The Balaban J connectivity index is 1.58. The highest BCUT2D eigenvalue weighted by molar-refractivity contribution is 5.80. The molecule has 18 heavy (non-hydrogen) atoms. The van der Waals surface area contributed by atoms with Crippen LogP contribution >= 0.6 is 0 Å². The van der Waals surface area contributed by atoms with Gasteiger partial charge in [-0.05, 0) is 29.5 Å². The van der Waals surface area contributed by atoms with Crippen molar-refractivity contribution < 1.29 is 9.53 Å². The van der Waals surface area contributed by atoms with Gasteiger partial charge in [0.15, 0.2) is 0 Å². The Morgan fingerprint density at radius 3 is 3.11 bits per heavy atom. The molecule has 1 aromatic carbocycles. The van der Waals surface area contributed by atoms with Gasteiger partial charge in [-0.3, -0.25) is 4.79 Å². The summed E-state index contributed by atoms with van der Waals surface area (Å²) < 4.78 is 5.36. The van der Waals surface area contributed by atoms with Gasteiger partial charge in [-0.2, -0.15) is 0 Å². The molecule has 0 saturated carbocycles. The summed E-state index contributed by atoms with van der Waals surface area (Å²) in [6.07, 6.45) is 1.60. The summed E-state index contributed by atoms with van der Waals surface area (Å²) in [6.45, 7) is 3.19. The van der Waals surface area contributed by atoms with Crippen molar-refractivity contribution >= 4 is 5.91 Å². The molecule has 1 saturated heterocycles. The van der Waals surface area contributed by atoms with Crippen molar-refractivity contribution in [2.45, 2.75) is 38.6 Å². The monoisotopic (exact) mass is 246 g/mol. The van der Waals surface area contributed by atoms with Crippen LogP contribution in [0.5, 0.6) is 0 Å². The number of rotatable bonds is 3. The van der Waals surface area contributed by atoms with Gasteiger partial charge < -0.3 is 15.4 Å². The van der Waals surface area contributed by atoms with Crippen LogP contribution in [0.15, 0.2) is 18.2 Å². The van der Waals surface area contributed by atoms with E-state index in [1.54, 1.807) is 0 Å². The molecule has 1 amide bonds. The van der Waals surface area contributed by atoms with Crippen LogP contribution in [-0.4, -0.2) is 18.6 Å². The molecule has 1 fully saturated rings. The molecule has 0 aromatic heterocycles. The van der Waals surface area contributed by atoms with Gasteiger partial charge in [-0.25, -0.2) is 0 Å². The molecule has 2 N–H and O–H groups in total. The molecule has 0 aliphatic carbocycles. The number of fused-ring (bicyclic) bond motifs is 1. The first kappa shape index (κ1) is 11.7. The molecule has 2 aliphatic rings. The quantitative estimate of drug-likeness (QED) is 0.839. The lowest BCUT2D eigenvalue weighted by molar-refractivity contribution is -0.130. The van der Waals surface area contributed by atoms with Crippen LogP contribution in [0, 0.1) is 0 Å². The zero-order valence-electron chi connectivity index (χ0n) is 10.4. The fraction of sp³-hybridized carbons (Fsp3) is 0.500. The molecule has 4 nitrogen and oxygen atoms in total. The first-order chi connectivity index (χ1) is 8.83. The standard InChI is InChI=1S/C14H18N2O2/c17-14(13-2-1-5-18-13)16-7-10-3-4-11-8-15-9-12(11)6-10/h3-4,6,13,15H,1-2,5,7-9H2,(H,16,17)/t13-/m0/s1. The average Bonchev–Trinajstić information content (AvgIpc) is 3.05. The number of benzene rings is 1. The molecule has 1 atom stereocenters. The zero-order chi connectivity index (χ0) is 12.4. The highest BCUT2D eigenvalue weighted by Gasteiger charge is 2.23. The highest BCUT2D eigenvalue weighted by atomic mass is 16.5. The molecule has 1 aromatic rings. The van der Waals surface area contributed by atoms with Crippen LogP contribution < -0.4 is 10.6 Å². The predicted octanol–water partition coefficient (Wildman–Crippen LogP) is 1.08. The van der Waals surface area contributed by atoms with Gasteiger partial charge in [-0.1, -0.05) is 18.2 Å². The lowest BCUT2D eigenvalue weighted by Gasteiger charge is -2.11. The molecule has 0 bridgehead atoms. The molecule has 96 valence electrons. The van der Waals surface area contributed by atoms with Gasteiger partial charge in [0.1, 0.15) is 6.10 Å². The Labute approximate surface area is 107 Å². The van der Waals surface area contributed by atoms with Gasteiger partial charge >= 0.3 is 0 Å². The molecule has 0 radical (unpaired) electrons. The number of carbonyl (C=O) groups excluding carboxylic acids is 1. The van der Waals surface area contributed by atoms with E-state index in [0.29, 0.717) is 13.2 Å². The van der Waals surface area contributed by atoms with E-state index in [1.807, 2.05) is 0 Å². The molecule has 3 rings (SSSR count).